The highest BCUT2D eigenvalue weighted by Crippen LogP contribution is 2.40. The van der Waals surface area contributed by atoms with Gasteiger partial charge in [-0.2, -0.15) is 0 Å². The van der Waals surface area contributed by atoms with Gasteiger partial charge in [-0.25, -0.2) is 9.38 Å². The lowest BCUT2D eigenvalue weighted by Crippen LogP contribution is -2.07. The van der Waals surface area contributed by atoms with E-state index < -0.39 is 0 Å². The van der Waals surface area contributed by atoms with Crippen LogP contribution >= 0.6 is 34.9 Å². The third-order valence-corrected chi connectivity index (χ3v) is 6.68. The molecule has 3 aromatic rings. The highest BCUT2D eigenvalue weighted by atomic mass is 32.2. The van der Waals surface area contributed by atoms with Crippen LogP contribution in [0.15, 0.2) is 10.3 Å². The van der Waals surface area contributed by atoms with Crippen LogP contribution in [0.5, 0.6) is 0 Å². The molecule has 0 aliphatic heterocycles. The molecule has 4 rings (SSSR count). The number of thiophene rings is 1. The second-order valence-corrected chi connectivity index (χ2v) is 8.17. The first kappa shape index (κ1) is 16.2. The van der Waals surface area contributed by atoms with Crippen molar-refractivity contribution < 1.29 is 9.53 Å². The summed E-state index contributed by atoms with van der Waals surface area (Å²) >= 11 is 4.69. The molecule has 0 aromatic carbocycles. The van der Waals surface area contributed by atoms with Crippen LogP contribution in [-0.2, 0) is 22.4 Å². The predicted octanol–water partition coefficient (Wildman–Crippen LogP) is 3.20. The Morgan fingerprint density at radius 2 is 2.21 bits per heavy atom. The third-order valence-electron chi connectivity index (χ3n) is 3.96. The molecule has 3 heterocycles. The van der Waals surface area contributed by atoms with Crippen LogP contribution in [0.25, 0.3) is 15.9 Å². The number of aryl methyl sites for hydroxylation is 2. The van der Waals surface area contributed by atoms with E-state index in [4.69, 9.17) is 9.72 Å². The molecule has 0 atom stereocenters. The van der Waals surface area contributed by atoms with Gasteiger partial charge in [0.05, 0.1) is 17.7 Å². The number of rotatable bonds is 5. The molecule has 126 valence electrons. The molecule has 0 spiro atoms. The lowest BCUT2D eigenvalue weighted by Gasteiger charge is -2.06. The predicted molar refractivity (Wildman–Crippen MR) is 97.3 cm³/mol. The molecule has 24 heavy (non-hydrogen) atoms. The first-order valence-electron chi connectivity index (χ1n) is 7.74. The molecule has 9 heteroatoms. The summed E-state index contributed by atoms with van der Waals surface area (Å²) in [5.74, 6) is -0.0159. The summed E-state index contributed by atoms with van der Waals surface area (Å²) in [7, 11) is 0. The Hall–Kier alpha value is -1.32. The van der Waals surface area contributed by atoms with Crippen molar-refractivity contribution in [1.82, 2.24) is 19.6 Å². The van der Waals surface area contributed by atoms with E-state index >= 15 is 0 Å². The van der Waals surface area contributed by atoms with Gasteiger partial charge in [-0.05, 0) is 38.0 Å². The van der Waals surface area contributed by atoms with Gasteiger partial charge < -0.3 is 4.74 Å². The van der Waals surface area contributed by atoms with Crippen LogP contribution in [0, 0.1) is 0 Å². The summed E-state index contributed by atoms with van der Waals surface area (Å²) in [6.45, 7) is 2.19. The molecule has 1 aliphatic carbocycles. The van der Waals surface area contributed by atoms with Crippen LogP contribution in [0.1, 0.15) is 23.8 Å². The number of nitrogens with zero attached hydrogens (tertiary/aromatic N) is 4. The van der Waals surface area contributed by atoms with Crippen LogP contribution < -0.4 is 0 Å². The molecule has 0 bridgehead atoms. The van der Waals surface area contributed by atoms with Crippen LogP contribution in [0.3, 0.4) is 0 Å². The van der Waals surface area contributed by atoms with Crippen molar-refractivity contribution in [3.63, 3.8) is 0 Å². The van der Waals surface area contributed by atoms with Crippen LogP contribution in [0.2, 0.25) is 0 Å². The second kappa shape index (κ2) is 6.53. The number of aromatic nitrogens is 4. The zero-order valence-electron chi connectivity index (χ0n) is 13.4. The molecule has 6 nitrogen and oxygen atoms in total. The first-order valence-corrected chi connectivity index (χ1v) is 10.8. The van der Waals surface area contributed by atoms with Gasteiger partial charge in [0.15, 0.2) is 16.0 Å². The van der Waals surface area contributed by atoms with E-state index in [1.54, 1.807) is 30.0 Å². The first-order chi connectivity index (χ1) is 11.7. The maximum atomic E-state index is 11.6. The van der Waals surface area contributed by atoms with Crippen molar-refractivity contribution in [3.8, 4) is 0 Å². The summed E-state index contributed by atoms with van der Waals surface area (Å²) in [4.78, 5) is 18.9. The molecule has 0 saturated carbocycles. The van der Waals surface area contributed by atoms with Gasteiger partial charge in [-0.15, -0.1) is 21.5 Å². The summed E-state index contributed by atoms with van der Waals surface area (Å²) in [6.07, 6.45) is 5.42. The van der Waals surface area contributed by atoms with E-state index in [1.165, 1.54) is 28.6 Å². The van der Waals surface area contributed by atoms with Gasteiger partial charge in [-0.1, -0.05) is 23.5 Å². The van der Waals surface area contributed by atoms with Crippen molar-refractivity contribution >= 4 is 56.7 Å². The largest absolute Gasteiger partial charge is 0.465 e. The van der Waals surface area contributed by atoms with Gasteiger partial charge in [0, 0.05) is 4.88 Å². The average molecular weight is 381 g/mol. The standard InChI is InChI=1S/C15H16N4O2S3/c1-3-21-10(20)7-23-15-18-17-12-11-8-5-4-6-9(8)24-13(11)16-14(22-2)19(12)15/h3-7H2,1-2H3. The number of hydrogen-bond donors (Lipinski definition) is 0. The van der Waals surface area contributed by atoms with Crippen molar-refractivity contribution in [3.05, 3.63) is 10.4 Å². The Morgan fingerprint density at radius 3 is 3.00 bits per heavy atom. The summed E-state index contributed by atoms with van der Waals surface area (Å²) in [5.41, 5.74) is 2.24. The minimum Gasteiger partial charge on any atom is -0.465 e. The quantitative estimate of drug-likeness (QED) is 0.382. The Balaban J connectivity index is 1.82. The number of fused-ring (bicyclic) bond motifs is 5. The highest BCUT2D eigenvalue weighted by molar-refractivity contribution is 8.00. The number of carbonyl (C=O) groups excluding carboxylic acids is 1. The summed E-state index contributed by atoms with van der Waals surface area (Å²) < 4.78 is 6.97. The van der Waals surface area contributed by atoms with E-state index in [1.807, 2.05) is 10.7 Å². The Bertz CT molecular complexity index is 934. The average Bonchev–Trinajstić information content (AvgIpc) is 3.25. The number of hydrogen-bond acceptors (Lipinski definition) is 8. The molecule has 0 amide bonds. The van der Waals surface area contributed by atoms with E-state index in [-0.39, 0.29) is 11.7 Å². The van der Waals surface area contributed by atoms with Gasteiger partial charge in [0.1, 0.15) is 4.83 Å². The minimum atomic E-state index is -0.240. The normalized spacial score (nSPS) is 13.8. The van der Waals surface area contributed by atoms with Crippen molar-refractivity contribution in [2.45, 2.75) is 36.5 Å². The Morgan fingerprint density at radius 1 is 1.33 bits per heavy atom. The molecule has 0 N–H and O–H groups in total. The fourth-order valence-corrected chi connectivity index (χ4v) is 5.64. The number of ether oxygens (including phenoxy) is 1. The molecule has 3 aromatic heterocycles. The number of thioether (sulfide) groups is 2. The van der Waals surface area contributed by atoms with Gasteiger partial charge >= 0.3 is 5.97 Å². The monoisotopic (exact) mass is 380 g/mol. The summed E-state index contributed by atoms with van der Waals surface area (Å²) in [6, 6.07) is 0. The lowest BCUT2D eigenvalue weighted by molar-refractivity contribution is -0.139. The fraction of sp³-hybridized carbons (Fsp3) is 0.467. The molecule has 0 fully saturated rings. The third kappa shape index (κ3) is 2.58. The second-order valence-electron chi connectivity index (χ2n) is 5.37. The van der Waals surface area contributed by atoms with Crippen molar-refractivity contribution in [2.75, 3.05) is 18.6 Å². The molecule has 0 unspecified atom stereocenters. The van der Waals surface area contributed by atoms with Crippen molar-refractivity contribution in [1.29, 1.82) is 0 Å². The zero-order chi connectivity index (χ0) is 16.7. The Labute approximate surface area is 151 Å². The maximum Gasteiger partial charge on any atom is 0.316 e. The molecule has 1 aliphatic rings. The van der Waals surface area contributed by atoms with E-state index in [0.717, 1.165) is 33.9 Å². The maximum absolute atomic E-state index is 11.6. The van der Waals surface area contributed by atoms with Gasteiger partial charge in [0.25, 0.3) is 0 Å². The highest BCUT2D eigenvalue weighted by Gasteiger charge is 2.24. The molecular formula is C15H16N4O2S3. The molecule has 0 radical (unpaired) electrons. The van der Waals surface area contributed by atoms with Gasteiger partial charge in [-0.3, -0.25) is 4.79 Å². The van der Waals surface area contributed by atoms with Crippen molar-refractivity contribution in [2.24, 2.45) is 0 Å². The summed E-state index contributed by atoms with van der Waals surface area (Å²) in [5, 5.41) is 11.4. The number of esters is 1. The van der Waals surface area contributed by atoms with E-state index in [2.05, 4.69) is 10.2 Å². The molecular weight excluding hydrogens is 364 g/mol. The van der Waals surface area contributed by atoms with Crippen LogP contribution in [-0.4, -0.2) is 44.2 Å². The number of carbonyl (C=O) groups is 1. The fourth-order valence-electron chi connectivity index (χ4n) is 3.00. The topological polar surface area (TPSA) is 69.4 Å². The Kier molecular flexibility index (Phi) is 4.40. The molecule has 0 saturated heterocycles. The van der Waals surface area contributed by atoms with Gasteiger partial charge in [0.2, 0.25) is 0 Å². The zero-order valence-corrected chi connectivity index (χ0v) is 15.8. The minimum absolute atomic E-state index is 0.224. The SMILES string of the molecule is CCOC(=O)CSc1nnc2c3c4c(sc3nc(SC)n12)CCC4. The van der Waals surface area contributed by atoms with E-state index in [9.17, 15) is 4.79 Å². The smallest absolute Gasteiger partial charge is 0.316 e. The van der Waals surface area contributed by atoms with Crippen LogP contribution in [0.4, 0.5) is 0 Å². The van der Waals surface area contributed by atoms with E-state index in [0.29, 0.717) is 11.8 Å². The lowest BCUT2D eigenvalue weighted by atomic mass is 10.2.